The van der Waals surface area contributed by atoms with E-state index in [-0.39, 0.29) is 0 Å². The largest absolute Gasteiger partial charge is 0.456 e. The van der Waals surface area contributed by atoms with E-state index in [1.807, 2.05) is 24.3 Å². The second kappa shape index (κ2) is 12.1. The lowest BCUT2D eigenvalue weighted by atomic mass is 9.69. The lowest BCUT2D eigenvalue weighted by Crippen LogP contribution is -2.31. The van der Waals surface area contributed by atoms with Crippen LogP contribution in [0.25, 0.3) is 65.9 Å². The van der Waals surface area contributed by atoms with Crippen molar-refractivity contribution in [3.8, 4) is 33.8 Å². The van der Waals surface area contributed by atoms with E-state index in [0.29, 0.717) is 0 Å². The minimum Gasteiger partial charge on any atom is -0.456 e. The third-order valence-electron chi connectivity index (χ3n) is 12.5. The first kappa shape index (κ1) is 32.3. The molecule has 3 heterocycles. The number of furan rings is 2. The fourth-order valence-electron chi connectivity index (χ4n) is 9.98. The SMILES string of the molecule is c1ccc2c(c1)-c1ccccc1C21c2ccc(N(c3ccc(-c4cccc5ccccc45)cc3)c3ccc4oc5ccccc5c4c3)cc2Oc2c1oc1ccccc21. The smallest absolute Gasteiger partial charge is 0.178 e. The quantitative estimate of drug-likeness (QED) is 0.179. The highest BCUT2D eigenvalue weighted by atomic mass is 16.5. The maximum atomic E-state index is 7.11. The molecule has 0 amide bonds. The fraction of sp³-hybridized carbons (Fsp3) is 0.0182. The highest BCUT2D eigenvalue weighted by Gasteiger charge is 2.54. The summed E-state index contributed by atoms with van der Waals surface area (Å²) in [5, 5.41) is 5.57. The predicted molar refractivity (Wildman–Crippen MR) is 238 cm³/mol. The van der Waals surface area contributed by atoms with Crippen molar-refractivity contribution in [3.63, 3.8) is 0 Å². The summed E-state index contributed by atoms with van der Waals surface area (Å²) in [5.74, 6) is 2.36. The Labute approximate surface area is 339 Å². The zero-order valence-electron chi connectivity index (χ0n) is 31.7. The predicted octanol–water partition coefficient (Wildman–Crippen LogP) is 15.1. The van der Waals surface area contributed by atoms with Crippen molar-refractivity contribution in [3.05, 3.63) is 223 Å². The van der Waals surface area contributed by atoms with Crippen molar-refractivity contribution >= 4 is 60.7 Å². The maximum absolute atomic E-state index is 7.11. The summed E-state index contributed by atoms with van der Waals surface area (Å²) in [6, 6.07) is 71.1. The van der Waals surface area contributed by atoms with Crippen LogP contribution in [-0.2, 0) is 5.41 Å². The number of anilines is 3. The molecule has 0 saturated heterocycles. The number of para-hydroxylation sites is 2. The van der Waals surface area contributed by atoms with Crippen molar-refractivity contribution in [1.29, 1.82) is 0 Å². The molecule has 0 saturated carbocycles. The molecule has 0 bridgehead atoms. The van der Waals surface area contributed by atoms with Gasteiger partial charge in [0.15, 0.2) is 11.5 Å². The first-order chi connectivity index (χ1) is 29.2. The van der Waals surface area contributed by atoms with Gasteiger partial charge in [-0.25, -0.2) is 0 Å². The fourth-order valence-corrected chi connectivity index (χ4v) is 9.98. The van der Waals surface area contributed by atoms with Crippen molar-refractivity contribution in [2.24, 2.45) is 0 Å². The van der Waals surface area contributed by atoms with Crippen LogP contribution in [0.4, 0.5) is 17.1 Å². The van der Waals surface area contributed by atoms with Gasteiger partial charge < -0.3 is 18.5 Å². The van der Waals surface area contributed by atoms with Crippen molar-refractivity contribution < 1.29 is 13.6 Å². The number of fused-ring (bicyclic) bond motifs is 15. The topological polar surface area (TPSA) is 38.8 Å². The highest BCUT2D eigenvalue weighted by molar-refractivity contribution is 6.07. The van der Waals surface area contributed by atoms with Crippen LogP contribution in [0.3, 0.4) is 0 Å². The van der Waals surface area contributed by atoms with Crippen LogP contribution >= 0.6 is 0 Å². The molecule has 9 aromatic carbocycles. The van der Waals surface area contributed by atoms with Crippen LogP contribution in [0.1, 0.15) is 22.5 Å². The maximum Gasteiger partial charge on any atom is 0.178 e. The van der Waals surface area contributed by atoms with Gasteiger partial charge in [0.05, 0.1) is 5.39 Å². The van der Waals surface area contributed by atoms with Crippen LogP contribution < -0.4 is 9.64 Å². The zero-order chi connectivity index (χ0) is 38.7. The molecule has 0 radical (unpaired) electrons. The van der Waals surface area contributed by atoms with Crippen LogP contribution in [0.15, 0.2) is 209 Å². The van der Waals surface area contributed by atoms with E-state index in [4.69, 9.17) is 13.6 Å². The van der Waals surface area contributed by atoms with Gasteiger partial charge in [-0.2, -0.15) is 0 Å². The molecule has 4 nitrogen and oxygen atoms in total. The summed E-state index contributed by atoms with van der Waals surface area (Å²) < 4.78 is 20.3. The lowest BCUT2D eigenvalue weighted by molar-refractivity contribution is 0.389. The summed E-state index contributed by atoms with van der Waals surface area (Å²) in [5.41, 5.74) is 13.1. The molecule has 59 heavy (non-hydrogen) atoms. The minimum absolute atomic E-state index is 0.715. The van der Waals surface area contributed by atoms with Crippen LogP contribution in [0.2, 0.25) is 0 Å². The molecule has 276 valence electrons. The van der Waals surface area contributed by atoms with Gasteiger partial charge in [-0.05, 0) is 98.8 Å². The third kappa shape index (κ3) is 4.48. The van der Waals surface area contributed by atoms with E-state index >= 15 is 0 Å². The van der Waals surface area contributed by atoms with Crippen molar-refractivity contribution in [2.45, 2.75) is 5.41 Å². The average Bonchev–Trinajstić information content (AvgIpc) is 3.95. The molecular formula is C55H33NO3. The number of rotatable bonds is 4. The van der Waals surface area contributed by atoms with E-state index in [2.05, 4.69) is 181 Å². The number of ether oxygens (including phenoxy) is 1. The molecule has 0 atom stereocenters. The molecular weight excluding hydrogens is 723 g/mol. The van der Waals surface area contributed by atoms with E-state index in [1.165, 1.54) is 38.6 Å². The zero-order valence-corrected chi connectivity index (χ0v) is 31.7. The molecule has 1 spiro atoms. The first-order valence-electron chi connectivity index (χ1n) is 20.1. The molecule has 13 rings (SSSR count). The molecule has 4 heteroatoms. The second-order valence-electron chi connectivity index (χ2n) is 15.6. The second-order valence-corrected chi connectivity index (χ2v) is 15.6. The molecule has 1 aliphatic heterocycles. The summed E-state index contributed by atoms with van der Waals surface area (Å²) in [4.78, 5) is 2.32. The first-order valence-corrected chi connectivity index (χ1v) is 20.1. The summed E-state index contributed by atoms with van der Waals surface area (Å²) >= 11 is 0. The Bertz CT molecular complexity index is 3450. The number of benzene rings is 9. The summed E-state index contributed by atoms with van der Waals surface area (Å²) in [6.07, 6.45) is 0. The Morgan fingerprint density at radius 3 is 1.75 bits per heavy atom. The van der Waals surface area contributed by atoms with Crippen LogP contribution in [-0.4, -0.2) is 0 Å². The normalized spacial score (nSPS) is 13.4. The Kier molecular flexibility index (Phi) is 6.62. The van der Waals surface area contributed by atoms with Gasteiger partial charge in [-0.1, -0.05) is 140 Å². The van der Waals surface area contributed by atoms with E-state index < -0.39 is 5.41 Å². The number of hydrogen-bond acceptors (Lipinski definition) is 4. The average molecular weight is 756 g/mol. The van der Waals surface area contributed by atoms with Crippen molar-refractivity contribution in [1.82, 2.24) is 0 Å². The number of hydrogen-bond donors (Lipinski definition) is 0. The van der Waals surface area contributed by atoms with Crippen molar-refractivity contribution in [2.75, 3.05) is 4.90 Å². The van der Waals surface area contributed by atoms with Gasteiger partial charge in [0.25, 0.3) is 0 Å². The van der Waals surface area contributed by atoms with Gasteiger partial charge in [0, 0.05) is 39.5 Å². The molecule has 0 N–H and O–H groups in total. The van der Waals surface area contributed by atoms with Gasteiger partial charge in [-0.3, -0.25) is 0 Å². The van der Waals surface area contributed by atoms with Gasteiger partial charge in [-0.15, -0.1) is 0 Å². The molecule has 11 aromatic rings. The molecule has 1 aliphatic carbocycles. The van der Waals surface area contributed by atoms with E-state index in [1.54, 1.807) is 0 Å². The van der Waals surface area contributed by atoms with Crippen LogP contribution in [0, 0.1) is 0 Å². The summed E-state index contributed by atoms with van der Waals surface area (Å²) in [6.45, 7) is 0. The Hall–Kier alpha value is -7.82. The monoisotopic (exact) mass is 755 g/mol. The van der Waals surface area contributed by atoms with Gasteiger partial charge >= 0.3 is 0 Å². The standard InChI is InChI=1S/C55H33NO3/c1-2-14-39-34(12-1)13-11-19-40(39)35-24-26-36(27-25-35)56(37-29-31-51-45(32-37)43-17-5-9-22-49(43)57-51)38-28-30-48-52(33-38)58-53-44-18-6-10-23-50(44)59-54(53)55(48)46-20-7-3-15-41(46)42-16-4-8-21-47(42)55/h1-33H. The molecule has 0 unspecified atom stereocenters. The van der Waals surface area contributed by atoms with E-state index in [9.17, 15) is 0 Å². The summed E-state index contributed by atoms with van der Waals surface area (Å²) in [7, 11) is 0. The lowest BCUT2D eigenvalue weighted by Gasteiger charge is -2.37. The molecule has 2 aliphatic rings. The van der Waals surface area contributed by atoms with E-state index in [0.717, 1.165) is 78.4 Å². The van der Waals surface area contributed by atoms with Gasteiger partial charge in [0.2, 0.25) is 0 Å². The molecule has 2 aromatic heterocycles. The van der Waals surface area contributed by atoms with Gasteiger partial charge in [0.1, 0.15) is 27.9 Å². The molecule has 0 fully saturated rings. The van der Waals surface area contributed by atoms with Crippen LogP contribution in [0.5, 0.6) is 11.5 Å². The Morgan fingerprint density at radius 2 is 0.949 bits per heavy atom. The number of nitrogens with zero attached hydrogens (tertiary/aromatic N) is 1. The Balaban J connectivity index is 1.04. The highest BCUT2D eigenvalue weighted by Crippen LogP contribution is 2.64. The third-order valence-corrected chi connectivity index (χ3v) is 12.5. The minimum atomic E-state index is -0.715. The Morgan fingerprint density at radius 1 is 0.373 bits per heavy atom.